The van der Waals surface area contributed by atoms with Gasteiger partial charge in [0.15, 0.2) is 17.3 Å². The van der Waals surface area contributed by atoms with Crippen molar-refractivity contribution in [1.82, 2.24) is 0 Å². The van der Waals surface area contributed by atoms with Crippen LogP contribution >= 0.6 is 0 Å². The van der Waals surface area contributed by atoms with E-state index in [2.05, 4.69) is 0 Å². The van der Waals surface area contributed by atoms with E-state index >= 15 is 0 Å². The Bertz CT molecular complexity index is 1300. The maximum absolute atomic E-state index is 12.6. The maximum Gasteiger partial charge on any atom is 0.343 e. The number of ether oxygens (including phenoxy) is 3. The summed E-state index contributed by atoms with van der Waals surface area (Å²) in [4.78, 5) is 25.1. The van der Waals surface area contributed by atoms with E-state index in [0.717, 1.165) is 5.39 Å². The number of hydrogen-bond acceptors (Lipinski definition) is 6. The van der Waals surface area contributed by atoms with Crippen LogP contribution < -0.4 is 14.2 Å². The second kappa shape index (κ2) is 7.84. The lowest BCUT2D eigenvalue weighted by atomic mass is 10.1. The first kappa shape index (κ1) is 18.7. The largest absolute Gasteiger partial charge is 0.454 e. The van der Waals surface area contributed by atoms with E-state index in [1.54, 1.807) is 60.7 Å². The van der Waals surface area contributed by atoms with Crippen molar-refractivity contribution in [2.24, 2.45) is 0 Å². The molecule has 0 unspecified atom stereocenters. The second-order valence-electron chi connectivity index (χ2n) is 6.84. The van der Waals surface area contributed by atoms with Gasteiger partial charge in [-0.2, -0.15) is 0 Å². The van der Waals surface area contributed by atoms with E-state index in [1.807, 2.05) is 18.2 Å². The van der Waals surface area contributed by atoms with Crippen molar-refractivity contribution in [1.29, 1.82) is 0 Å². The van der Waals surface area contributed by atoms with Crippen LogP contribution in [0.15, 0.2) is 83.3 Å². The summed E-state index contributed by atoms with van der Waals surface area (Å²) in [6, 6.07) is 20.9. The van der Waals surface area contributed by atoms with Gasteiger partial charge in [-0.05, 0) is 48.6 Å². The molecule has 1 aliphatic heterocycles. The lowest BCUT2D eigenvalue weighted by molar-refractivity contribution is 0.0733. The minimum atomic E-state index is -0.539. The van der Waals surface area contributed by atoms with Gasteiger partial charge in [-0.1, -0.05) is 36.4 Å². The van der Waals surface area contributed by atoms with Gasteiger partial charge in [-0.25, -0.2) is 4.79 Å². The van der Waals surface area contributed by atoms with Crippen molar-refractivity contribution < 1.29 is 28.2 Å². The monoisotopic (exact) mass is 412 g/mol. The number of esters is 1. The van der Waals surface area contributed by atoms with Gasteiger partial charge >= 0.3 is 5.97 Å². The van der Waals surface area contributed by atoms with Crippen LogP contribution in [0.4, 0.5) is 0 Å². The zero-order chi connectivity index (χ0) is 21.2. The van der Waals surface area contributed by atoms with Gasteiger partial charge in [-0.15, -0.1) is 0 Å². The van der Waals surface area contributed by atoms with Gasteiger partial charge in [0.2, 0.25) is 12.6 Å². The van der Waals surface area contributed by atoms with E-state index in [1.165, 1.54) is 6.08 Å². The first-order chi connectivity index (χ1) is 15.2. The minimum Gasteiger partial charge on any atom is -0.454 e. The molecule has 0 radical (unpaired) electrons. The molecule has 0 aliphatic carbocycles. The summed E-state index contributed by atoms with van der Waals surface area (Å²) >= 11 is 0. The predicted octanol–water partition coefficient (Wildman–Crippen LogP) is 5.28. The molecule has 0 saturated carbocycles. The molecular weight excluding hydrogens is 396 g/mol. The molecule has 1 aromatic heterocycles. The van der Waals surface area contributed by atoms with Gasteiger partial charge in [0.05, 0.1) is 5.56 Å². The first-order valence-electron chi connectivity index (χ1n) is 9.59. The topological polar surface area (TPSA) is 75.0 Å². The summed E-state index contributed by atoms with van der Waals surface area (Å²) in [7, 11) is 0. The second-order valence-corrected chi connectivity index (χ2v) is 6.84. The number of furan rings is 1. The minimum absolute atomic E-state index is 0.126. The lowest BCUT2D eigenvalue weighted by Crippen LogP contribution is -2.09. The number of benzene rings is 3. The third-order valence-corrected chi connectivity index (χ3v) is 4.81. The molecule has 0 bridgehead atoms. The molecule has 6 nitrogen and oxygen atoms in total. The first-order valence-corrected chi connectivity index (χ1v) is 9.59. The van der Waals surface area contributed by atoms with E-state index in [4.69, 9.17) is 18.6 Å². The number of allylic oxidation sites excluding steroid dienone is 1. The van der Waals surface area contributed by atoms with Crippen molar-refractivity contribution in [2.45, 2.75) is 0 Å². The normalized spacial score (nSPS) is 12.4. The van der Waals surface area contributed by atoms with E-state index in [0.29, 0.717) is 34.0 Å². The maximum atomic E-state index is 12.6. The van der Waals surface area contributed by atoms with Crippen LogP contribution in [0.3, 0.4) is 0 Å². The van der Waals surface area contributed by atoms with Gasteiger partial charge in [0.25, 0.3) is 0 Å². The number of carbonyl (C=O) groups is 2. The summed E-state index contributed by atoms with van der Waals surface area (Å²) in [6.45, 7) is 0.126. The van der Waals surface area contributed by atoms with Crippen LogP contribution in [0.2, 0.25) is 0 Å². The molecule has 6 heteroatoms. The molecular formula is C25H16O6. The fourth-order valence-electron chi connectivity index (χ4n) is 3.24. The van der Waals surface area contributed by atoms with Gasteiger partial charge in [0.1, 0.15) is 11.3 Å². The number of carbonyl (C=O) groups excluding carboxylic acids is 2. The smallest absolute Gasteiger partial charge is 0.343 e. The number of hydrogen-bond donors (Lipinski definition) is 0. The lowest BCUT2D eigenvalue weighted by Gasteiger charge is -2.08. The molecule has 0 amide bonds. The highest BCUT2D eigenvalue weighted by Gasteiger charge is 2.18. The molecule has 0 atom stereocenters. The summed E-state index contributed by atoms with van der Waals surface area (Å²) < 4.78 is 21.7. The standard InChI is InChI=1S/C25H16O6/c26-19(23-13-17-6-2-4-8-21(17)30-23)11-9-16-5-1-3-7-20(16)31-25(27)18-10-12-22-24(14-18)29-15-28-22/h1-14H,15H2/b11-9+. The Hall–Kier alpha value is -4.32. The summed E-state index contributed by atoms with van der Waals surface area (Å²) in [5, 5.41) is 0.859. The molecule has 3 aromatic carbocycles. The van der Waals surface area contributed by atoms with Gasteiger partial charge in [0, 0.05) is 10.9 Å². The fourth-order valence-corrected chi connectivity index (χ4v) is 3.24. The molecule has 152 valence electrons. The average Bonchev–Trinajstić information content (AvgIpc) is 3.44. The van der Waals surface area contributed by atoms with Crippen molar-refractivity contribution in [3.63, 3.8) is 0 Å². The molecule has 1 aliphatic rings. The van der Waals surface area contributed by atoms with Gasteiger partial charge in [-0.3, -0.25) is 4.79 Å². The molecule has 2 heterocycles. The number of rotatable bonds is 5. The Morgan fingerprint density at radius 2 is 1.68 bits per heavy atom. The molecule has 0 N–H and O–H groups in total. The molecule has 0 saturated heterocycles. The van der Waals surface area contributed by atoms with Crippen molar-refractivity contribution in [3.8, 4) is 17.2 Å². The van der Waals surface area contributed by atoms with Crippen molar-refractivity contribution in [2.75, 3.05) is 6.79 Å². The zero-order valence-corrected chi connectivity index (χ0v) is 16.2. The van der Waals surface area contributed by atoms with Crippen LogP contribution in [-0.4, -0.2) is 18.5 Å². The Kier molecular flexibility index (Phi) is 4.72. The SMILES string of the molecule is O=C(Oc1ccccc1/C=C/C(=O)c1cc2ccccc2o1)c1ccc2c(c1)OCO2. The molecule has 4 aromatic rings. The third-order valence-electron chi connectivity index (χ3n) is 4.81. The summed E-state index contributed by atoms with van der Waals surface area (Å²) in [5.74, 6) is 0.838. The Morgan fingerprint density at radius 1 is 0.871 bits per heavy atom. The van der Waals surface area contributed by atoms with Gasteiger partial charge < -0.3 is 18.6 Å². The van der Waals surface area contributed by atoms with Crippen LogP contribution in [0, 0.1) is 0 Å². The quantitative estimate of drug-likeness (QED) is 0.192. The van der Waals surface area contributed by atoms with E-state index in [-0.39, 0.29) is 18.3 Å². The summed E-state index contributed by atoms with van der Waals surface area (Å²) in [6.07, 6.45) is 2.99. The van der Waals surface area contributed by atoms with Crippen LogP contribution in [0.25, 0.3) is 17.0 Å². The highest BCUT2D eigenvalue weighted by atomic mass is 16.7. The Labute approximate surface area is 177 Å². The number of fused-ring (bicyclic) bond motifs is 2. The average molecular weight is 412 g/mol. The molecule has 0 spiro atoms. The van der Waals surface area contributed by atoms with Crippen LogP contribution in [0.1, 0.15) is 26.5 Å². The third kappa shape index (κ3) is 3.79. The number of ketones is 1. The highest BCUT2D eigenvalue weighted by molar-refractivity contribution is 6.07. The zero-order valence-electron chi connectivity index (χ0n) is 16.2. The van der Waals surface area contributed by atoms with Crippen LogP contribution in [0.5, 0.6) is 17.2 Å². The Balaban J connectivity index is 1.35. The van der Waals surface area contributed by atoms with Crippen molar-refractivity contribution in [3.05, 3.63) is 95.8 Å². The fraction of sp³-hybridized carbons (Fsp3) is 0.0400. The molecule has 31 heavy (non-hydrogen) atoms. The molecule has 5 rings (SSSR count). The summed E-state index contributed by atoms with van der Waals surface area (Å²) in [5.41, 5.74) is 1.57. The predicted molar refractivity (Wildman–Crippen MR) is 114 cm³/mol. The van der Waals surface area contributed by atoms with Crippen LogP contribution in [-0.2, 0) is 0 Å². The molecule has 0 fully saturated rings. The highest BCUT2D eigenvalue weighted by Crippen LogP contribution is 2.33. The number of para-hydroxylation sites is 2. The van der Waals surface area contributed by atoms with Crippen molar-refractivity contribution >= 4 is 28.8 Å². The van der Waals surface area contributed by atoms with E-state index in [9.17, 15) is 9.59 Å². The van der Waals surface area contributed by atoms with E-state index < -0.39 is 5.97 Å². The Morgan fingerprint density at radius 3 is 2.58 bits per heavy atom.